The Morgan fingerprint density at radius 1 is 1.27 bits per heavy atom. The van der Waals surface area contributed by atoms with Gasteiger partial charge in [-0.15, -0.1) is 0 Å². The van der Waals surface area contributed by atoms with Crippen molar-refractivity contribution in [3.05, 3.63) is 18.7 Å². The number of hydrogen-bond acceptors (Lipinski definition) is 5. The molecule has 56 valence electrons. The van der Waals surface area contributed by atoms with Crippen molar-refractivity contribution in [3.63, 3.8) is 0 Å². The van der Waals surface area contributed by atoms with E-state index in [1.54, 1.807) is 0 Å². The van der Waals surface area contributed by atoms with Crippen LogP contribution in [0.25, 0.3) is 0 Å². The van der Waals surface area contributed by atoms with Gasteiger partial charge in [0, 0.05) is 0 Å². The van der Waals surface area contributed by atoms with Gasteiger partial charge in [0.25, 0.3) is 0 Å². The molecule has 0 fully saturated rings. The van der Waals surface area contributed by atoms with Gasteiger partial charge in [-0.1, -0.05) is 0 Å². The van der Waals surface area contributed by atoms with Gasteiger partial charge in [-0.2, -0.15) is 0 Å². The van der Waals surface area contributed by atoms with Crippen molar-refractivity contribution in [2.24, 2.45) is 0 Å². The molecule has 0 aromatic carbocycles. The molecular formula is C5H7N2NaO3. The van der Waals surface area contributed by atoms with Gasteiger partial charge < -0.3 is 14.9 Å². The normalized spacial score (nSPS) is 9.00. The third-order valence-corrected chi connectivity index (χ3v) is 0.778. The first-order valence-corrected chi connectivity index (χ1v) is 2.57. The summed E-state index contributed by atoms with van der Waals surface area (Å²) >= 11 is 0. The molecule has 0 saturated heterocycles. The minimum absolute atomic E-state index is 0. The third-order valence-electron chi connectivity index (χ3n) is 0.778. The fraction of sp³-hybridized carbons (Fsp3) is 0.200. The van der Waals surface area contributed by atoms with E-state index in [4.69, 9.17) is 10.2 Å². The van der Waals surface area contributed by atoms with Crippen molar-refractivity contribution in [1.29, 1.82) is 0 Å². The molecule has 1 heterocycles. The van der Waals surface area contributed by atoms with Crippen molar-refractivity contribution in [1.82, 2.24) is 9.97 Å². The predicted molar refractivity (Wildman–Crippen MR) is 38.0 cm³/mol. The van der Waals surface area contributed by atoms with E-state index in [0.29, 0.717) is 0 Å². The number of rotatable bonds is 2. The van der Waals surface area contributed by atoms with Gasteiger partial charge >= 0.3 is 36.0 Å². The molecule has 1 aromatic rings. The molecule has 0 radical (unpaired) electrons. The molecule has 6 heteroatoms. The maximum atomic E-state index is 8.28. The number of aliphatic hydroxyl groups excluding tert-OH is 1. The quantitative estimate of drug-likeness (QED) is 0.412. The van der Waals surface area contributed by atoms with Gasteiger partial charge in [-0.25, -0.2) is 9.97 Å². The van der Waals surface area contributed by atoms with E-state index in [9.17, 15) is 0 Å². The fourth-order valence-corrected chi connectivity index (χ4v) is 0.468. The van der Waals surface area contributed by atoms with Crippen LogP contribution in [0.5, 0.6) is 5.75 Å². The Labute approximate surface area is 85.4 Å². The summed E-state index contributed by atoms with van der Waals surface area (Å²) in [6, 6.07) is 0. The SMILES string of the molecule is OC(O)Oc1cncnc1.[NaH]. The minimum atomic E-state index is -1.81. The summed E-state index contributed by atoms with van der Waals surface area (Å²) in [6.45, 7) is -1.81. The van der Waals surface area contributed by atoms with E-state index >= 15 is 0 Å². The van der Waals surface area contributed by atoms with Gasteiger partial charge in [0.2, 0.25) is 0 Å². The van der Waals surface area contributed by atoms with Crippen molar-refractivity contribution in [3.8, 4) is 5.75 Å². The van der Waals surface area contributed by atoms with Crippen molar-refractivity contribution in [2.75, 3.05) is 0 Å². The van der Waals surface area contributed by atoms with Crippen LogP contribution in [0.15, 0.2) is 18.7 Å². The van der Waals surface area contributed by atoms with Crippen LogP contribution < -0.4 is 4.74 Å². The fourth-order valence-electron chi connectivity index (χ4n) is 0.468. The zero-order valence-corrected chi connectivity index (χ0v) is 5.01. The van der Waals surface area contributed by atoms with Gasteiger partial charge in [0.15, 0.2) is 5.75 Å². The average molecular weight is 166 g/mol. The molecule has 0 bridgehead atoms. The van der Waals surface area contributed by atoms with Gasteiger partial charge in [-0.3, -0.25) is 0 Å². The Kier molecular flexibility index (Phi) is 5.35. The third kappa shape index (κ3) is 4.28. The molecule has 1 rings (SSSR count). The maximum absolute atomic E-state index is 8.28. The number of ether oxygens (including phenoxy) is 1. The Balaban J connectivity index is 0.000001000. The van der Waals surface area contributed by atoms with Crippen molar-refractivity contribution >= 4 is 29.6 Å². The second kappa shape index (κ2) is 5.45. The molecule has 11 heavy (non-hydrogen) atoms. The molecule has 0 aliphatic rings. The summed E-state index contributed by atoms with van der Waals surface area (Å²) in [4.78, 5) is 7.16. The Morgan fingerprint density at radius 2 is 1.82 bits per heavy atom. The average Bonchev–Trinajstić information content (AvgIpc) is 1.88. The zero-order valence-electron chi connectivity index (χ0n) is 5.01. The van der Waals surface area contributed by atoms with Crippen molar-refractivity contribution in [2.45, 2.75) is 6.48 Å². The van der Waals surface area contributed by atoms with E-state index in [-0.39, 0.29) is 35.3 Å². The first-order chi connectivity index (χ1) is 4.79. The van der Waals surface area contributed by atoms with Crippen molar-refractivity contribution < 1.29 is 14.9 Å². The Hall–Kier alpha value is -0.200. The van der Waals surface area contributed by atoms with Crippen LogP contribution in [0.4, 0.5) is 0 Å². The molecule has 5 nitrogen and oxygen atoms in total. The summed E-state index contributed by atoms with van der Waals surface area (Å²) in [5, 5.41) is 16.6. The number of nitrogens with zero attached hydrogens (tertiary/aromatic N) is 2. The summed E-state index contributed by atoms with van der Waals surface area (Å²) < 4.78 is 4.40. The van der Waals surface area contributed by atoms with Crippen LogP contribution >= 0.6 is 0 Å². The Morgan fingerprint density at radius 3 is 2.27 bits per heavy atom. The topological polar surface area (TPSA) is 75.5 Å². The molecule has 0 unspecified atom stereocenters. The first-order valence-electron chi connectivity index (χ1n) is 2.57. The first kappa shape index (κ1) is 10.8. The summed E-state index contributed by atoms with van der Waals surface area (Å²) in [5.41, 5.74) is 0. The summed E-state index contributed by atoms with van der Waals surface area (Å²) in [5.74, 6) is 0.220. The molecule has 2 N–H and O–H groups in total. The summed E-state index contributed by atoms with van der Waals surface area (Å²) in [6.07, 6.45) is 3.97. The van der Waals surface area contributed by atoms with Crippen LogP contribution in [0, 0.1) is 0 Å². The monoisotopic (exact) mass is 166 g/mol. The van der Waals surface area contributed by atoms with Crippen LogP contribution in [0.2, 0.25) is 0 Å². The van der Waals surface area contributed by atoms with Crippen LogP contribution in [-0.4, -0.2) is 56.2 Å². The van der Waals surface area contributed by atoms with E-state index in [2.05, 4.69) is 14.7 Å². The second-order valence-electron chi connectivity index (χ2n) is 1.52. The van der Waals surface area contributed by atoms with E-state index < -0.39 is 6.48 Å². The van der Waals surface area contributed by atoms with Gasteiger partial charge in [0.1, 0.15) is 6.33 Å². The standard InChI is InChI=1S/C5H6N2O3.Na.H/c8-5(9)10-4-1-6-3-7-2-4;;/h1-3,5,8-9H;;. The van der Waals surface area contributed by atoms with Crippen LogP contribution in [0.3, 0.4) is 0 Å². The molecule has 0 amide bonds. The molecule has 0 aliphatic heterocycles. The van der Waals surface area contributed by atoms with Crippen LogP contribution in [-0.2, 0) is 0 Å². The molecule has 0 saturated carbocycles. The summed E-state index contributed by atoms with van der Waals surface area (Å²) in [7, 11) is 0. The molecular weight excluding hydrogens is 159 g/mol. The molecule has 1 aromatic heterocycles. The number of aliphatic hydroxyl groups is 2. The van der Waals surface area contributed by atoms with Gasteiger partial charge in [-0.05, 0) is 0 Å². The van der Waals surface area contributed by atoms with Crippen LogP contribution in [0.1, 0.15) is 0 Å². The van der Waals surface area contributed by atoms with E-state index in [0.717, 1.165) is 0 Å². The van der Waals surface area contributed by atoms with Gasteiger partial charge in [0.05, 0.1) is 12.4 Å². The van der Waals surface area contributed by atoms with E-state index in [1.165, 1.54) is 18.7 Å². The number of aromatic nitrogens is 2. The molecule has 0 atom stereocenters. The van der Waals surface area contributed by atoms with E-state index in [1.807, 2.05) is 0 Å². The predicted octanol–water partition coefficient (Wildman–Crippen LogP) is -1.52. The Bertz CT molecular complexity index is 194. The molecule has 0 spiro atoms. The number of hydrogen-bond donors (Lipinski definition) is 2. The second-order valence-corrected chi connectivity index (χ2v) is 1.52. The zero-order chi connectivity index (χ0) is 7.40. The molecule has 0 aliphatic carbocycles.